The minimum Gasteiger partial charge on any atom is -0.378 e. The number of methoxy groups -OCH3 is 1. The third kappa shape index (κ3) is 5.15. The third-order valence-electron chi connectivity index (χ3n) is 3.13. The van der Waals surface area contributed by atoms with Crippen molar-refractivity contribution in [3.63, 3.8) is 0 Å². The van der Waals surface area contributed by atoms with Gasteiger partial charge in [0.1, 0.15) is 5.01 Å². The van der Waals surface area contributed by atoms with E-state index in [0.717, 1.165) is 15.6 Å². The number of thioether (sulfide) groups is 1. The maximum absolute atomic E-state index is 12.2. The van der Waals surface area contributed by atoms with Crippen LogP contribution in [-0.4, -0.2) is 33.2 Å². The smallest absolute Gasteiger partial charge is 0.251 e. The van der Waals surface area contributed by atoms with Gasteiger partial charge in [0.2, 0.25) is 5.91 Å². The fourth-order valence-electron chi connectivity index (χ4n) is 1.98. The molecule has 0 aliphatic heterocycles. The van der Waals surface area contributed by atoms with Gasteiger partial charge in [-0.25, -0.2) is 9.97 Å². The first-order valence-corrected chi connectivity index (χ1v) is 9.05. The normalized spacial score (nSPS) is 12.2. The molecule has 9 heteroatoms. The number of H-pyrrole nitrogens is 1. The number of carbonyl (C=O) groups excluding carboxylic acids is 1. The summed E-state index contributed by atoms with van der Waals surface area (Å²) in [5, 5.41) is 3.86. The van der Waals surface area contributed by atoms with E-state index in [1.807, 2.05) is 6.92 Å². The van der Waals surface area contributed by atoms with Gasteiger partial charge in [0.15, 0.2) is 5.16 Å². The number of hydrogen-bond acceptors (Lipinski definition) is 7. The molecule has 130 valence electrons. The first kappa shape index (κ1) is 18.6. The minimum absolute atomic E-state index is 0.120. The molecule has 2 rings (SSSR count). The maximum atomic E-state index is 12.2. The van der Waals surface area contributed by atoms with Crippen LogP contribution in [0.15, 0.2) is 16.0 Å². The summed E-state index contributed by atoms with van der Waals surface area (Å²) in [6.07, 6.45) is 0. The molecular weight excluding hydrogens is 348 g/mol. The number of nitrogens with one attached hydrogen (secondary N) is 2. The molecular formula is C15H20N4O3S2. The van der Waals surface area contributed by atoms with Gasteiger partial charge >= 0.3 is 0 Å². The Hall–Kier alpha value is -1.71. The lowest BCUT2D eigenvalue weighted by atomic mass is 10.3. The number of hydrogen-bond donors (Lipinski definition) is 2. The zero-order chi connectivity index (χ0) is 17.7. The van der Waals surface area contributed by atoms with Crippen molar-refractivity contribution in [3.05, 3.63) is 37.7 Å². The number of aromatic amines is 1. The number of nitrogens with zero attached hydrogens (tertiary/aromatic N) is 2. The molecule has 0 aliphatic rings. The molecule has 7 nitrogen and oxygen atoms in total. The molecule has 0 aliphatic carbocycles. The lowest BCUT2D eigenvalue weighted by Crippen LogP contribution is -2.30. The Kier molecular flexibility index (Phi) is 6.52. The van der Waals surface area contributed by atoms with Gasteiger partial charge < -0.3 is 15.0 Å². The van der Waals surface area contributed by atoms with Gasteiger partial charge in [-0.15, -0.1) is 11.3 Å². The third-order valence-corrected chi connectivity index (χ3v) is 5.25. The van der Waals surface area contributed by atoms with Crippen molar-refractivity contribution in [2.24, 2.45) is 0 Å². The highest BCUT2D eigenvalue weighted by Crippen LogP contribution is 2.20. The standard InChI is InChI=1S/C15H20N4O3S2/c1-8-5-12(20)19-15(17-8)23-10(3)14(21)16-6-11-9(2)18-13(24-11)7-22-4/h5,10H,6-7H2,1-4H3,(H,16,21)(H,17,19,20). The number of carbonyl (C=O) groups is 1. The summed E-state index contributed by atoms with van der Waals surface area (Å²) < 4.78 is 5.07. The van der Waals surface area contributed by atoms with E-state index < -0.39 is 0 Å². The molecule has 24 heavy (non-hydrogen) atoms. The quantitative estimate of drug-likeness (QED) is 0.571. The van der Waals surface area contributed by atoms with Crippen LogP contribution in [0.25, 0.3) is 0 Å². The molecule has 1 unspecified atom stereocenters. The van der Waals surface area contributed by atoms with Gasteiger partial charge in [0.25, 0.3) is 5.56 Å². The largest absolute Gasteiger partial charge is 0.378 e. The van der Waals surface area contributed by atoms with Crippen molar-refractivity contribution in [2.45, 2.75) is 44.3 Å². The molecule has 2 aromatic rings. The molecule has 0 aromatic carbocycles. The first-order valence-electron chi connectivity index (χ1n) is 7.35. The summed E-state index contributed by atoms with van der Waals surface area (Å²) >= 11 is 2.75. The van der Waals surface area contributed by atoms with Crippen LogP contribution in [0.5, 0.6) is 0 Å². The Bertz CT molecular complexity index is 772. The average Bonchev–Trinajstić information content (AvgIpc) is 2.84. The summed E-state index contributed by atoms with van der Waals surface area (Å²) in [5.74, 6) is -0.120. The van der Waals surface area contributed by atoms with E-state index in [1.165, 1.54) is 29.2 Å². The van der Waals surface area contributed by atoms with Crippen molar-refractivity contribution in [3.8, 4) is 0 Å². The zero-order valence-corrected chi connectivity index (χ0v) is 15.6. The topological polar surface area (TPSA) is 97.0 Å². The van der Waals surface area contributed by atoms with Crippen LogP contribution < -0.4 is 10.9 Å². The lowest BCUT2D eigenvalue weighted by molar-refractivity contribution is -0.120. The van der Waals surface area contributed by atoms with Crippen LogP contribution >= 0.6 is 23.1 Å². The van der Waals surface area contributed by atoms with Crippen LogP contribution in [0.1, 0.15) is 28.2 Å². The number of ether oxygens (including phenoxy) is 1. The second-order valence-corrected chi connectivity index (χ2v) is 7.72. The van der Waals surface area contributed by atoms with Crippen molar-refractivity contribution >= 4 is 29.0 Å². The molecule has 0 bridgehead atoms. The van der Waals surface area contributed by atoms with Gasteiger partial charge in [-0.1, -0.05) is 11.8 Å². The molecule has 1 atom stereocenters. The molecule has 2 heterocycles. The number of aryl methyl sites for hydroxylation is 2. The second-order valence-electron chi connectivity index (χ2n) is 5.22. The minimum atomic E-state index is -0.373. The summed E-state index contributed by atoms with van der Waals surface area (Å²) in [6.45, 7) is 6.33. The molecule has 0 spiro atoms. The van der Waals surface area contributed by atoms with Crippen molar-refractivity contribution in [2.75, 3.05) is 7.11 Å². The van der Waals surface area contributed by atoms with E-state index in [0.29, 0.717) is 24.0 Å². The summed E-state index contributed by atoms with van der Waals surface area (Å²) in [4.78, 5) is 35.9. The average molecular weight is 368 g/mol. The van der Waals surface area contributed by atoms with E-state index in [2.05, 4.69) is 20.3 Å². The van der Waals surface area contributed by atoms with Gasteiger partial charge in [0.05, 0.1) is 24.1 Å². The Morgan fingerprint density at radius 3 is 2.88 bits per heavy atom. The predicted molar refractivity (Wildman–Crippen MR) is 94.3 cm³/mol. The highest BCUT2D eigenvalue weighted by molar-refractivity contribution is 8.00. The molecule has 1 amide bonds. The second kappa shape index (κ2) is 8.41. The van der Waals surface area contributed by atoms with Crippen LogP contribution in [0.4, 0.5) is 0 Å². The van der Waals surface area contributed by atoms with Gasteiger partial charge in [-0.2, -0.15) is 0 Å². The fraction of sp³-hybridized carbons (Fsp3) is 0.467. The van der Waals surface area contributed by atoms with Crippen LogP contribution in [0.3, 0.4) is 0 Å². The number of amides is 1. The lowest BCUT2D eigenvalue weighted by Gasteiger charge is -2.11. The van der Waals surface area contributed by atoms with E-state index in [1.54, 1.807) is 21.0 Å². The number of rotatable bonds is 7. The summed E-state index contributed by atoms with van der Waals surface area (Å²) in [7, 11) is 1.63. The van der Waals surface area contributed by atoms with Crippen molar-refractivity contribution in [1.29, 1.82) is 0 Å². The van der Waals surface area contributed by atoms with Crippen LogP contribution in [0.2, 0.25) is 0 Å². The van der Waals surface area contributed by atoms with E-state index in [9.17, 15) is 9.59 Å². The Morgan fingerprint density at radius 1 is 1.46 bits per heavy atom. The zero-order valence-electron chi connectivity index (χ0n) is 14.0. The van der Waals surface area contributed by atoms with Crippen LogP contribution in [-0.2, 0) is 22.7 Å². The van der Waals surface area contributed by atoms with E-state index in [-0.39, 0.29) is 16.7 Å². The van der Waals surface area contributed by atoms with Gasteiger partial charge in [-0.05, 0) is 20.8 Å². The van der Waals surface area contributed by atoms with Crippen molar-refractivity contribution in [1.82, 2.24) is 20.3 Å². The monoisotopic (exact) mass is 368 g/mol. The van der Waals surface area contributed by atoms with Crippen LogP contribution in [0, 0.1) is 13.8 Å². The molecule has 2 aromatic heterocycles. The summed E-state index contributed by atoms with van der Waals surface area (Å²) in [6, 6.07) is 1.42. The van der Waals surface area contributed by atoms with E-state index >= 15 is 0 Å². The number of thiazole rings is 1. The SMILES string of the molecule is COCc1nc(C)c(CNC(=O)C(C)Sc2nc(C)cc(=O)[nH]2)s1. The summed E-state index contributed by atoms with van der Waals surface area (Å²) in [5.41, 5.74) is 1.31. The Morgan fingerprint density at radius 2 is 2.21 bits per heavy atom. The molecule has 0 fully saturated rings. The molecule has 0 radical (unpaired) electrons. The maximum Gasteiger partial charge on any atom is 0.251 e. The van der Waals surface area contributed by atoms with Gasteiger partial charge in [0, 0.05) is 23.7 Å². The predicted octanol–water partition coefficient (Wildman–Crippen LogP) is 1.79. The first-order chi connectivity index (χ1) is 11.4. The molecule has 2 N–H and O–H groups in total. The van der Waals surface area contributed by atoms with Gasteiger partial charge in [-0.3, -0.25) is 9.59 Å². The fourth-order valence-corrected chi connectivity index (χ4v) is 3.84. The number of aromatic nitrogens is 3. The Balaban J connectivity index is 1.93. The highest BCUT2D eigenvalue weighted by atomic mass is 32.2. The Labute approximate surface area is 148 Å². The molecule has 0 saturated carbocycles. The van der Waals surface area contributed by atoms with Crippen molar-refractivity contribution < 1.29 is 9.53 Å². The van der Waals surface area contributed by atoms with E-state index in [4.69, 9.17) is 4.74 Å². The molecule has 0 saturated heterocycles. The highest BCUT2D eigenvalue weighted by Gasteiger charge is 2.17.